The van der Waals surface area contributed by atoms with Crippen LogP contribution in [0.2, 0.25) is 5.11 Å². The molecule has 14 heteroatoms. The van der Waals surface area contributed by atoms with Crippen LogP contribution in [0.15, 0.2) is 18.2 Å². The molecule has 0 saturated heterocycles. The SMILES string of the molecule is BC(B)(B)C(B)(Oc1cc(C2=CCN(C(=O)OC(C)(C)C)CC2)c(C)cc1[N+](=O)[O-])C(B)(B)O. The van der Waals surface area contributed by atoms with Gasteiger partial charge in [-0.25, -0.2) is 4.79 Å². The number of nitrogens with zero attached hydrogens (tertiary/aromatic N) is 2. The van der Waals surface area contributed by atoms with Gasteiger partial charge in [-0.1, -0.05) is 11.2 Å². The molecule has 1 aliphatic rings. The Morgan fingerprint density at radius 2 is 1.74 bits per heavy atom. The number of benzene rings is 1. The quantitative estimate of drug-likeness (QED) is 0.285. The molecule has 34 heavy (non-hydrogen) atoms. The number of hydrogen-bond acceptors (Lipinski definition) is 6. The molecule has 1 aliphatic heterocycles. The average molecular weight is 463 g/mol. The largest absolute Gasteiger partial charge is 0.490 e. The van der Waals surface area contributed by atoms with E-state index in [1.54, 1.807) is 34.5 Å². The second-order valence-electron chi connectivity index (χ2n) is 11.7. The number of carbonyl (C=O) groups is 1. The summed E-state index contributed by atoms with van der Waals surface area (Å²) in [5.41, 5.74) is 0.729. The van der Waals surface area contributed by atoms with E-state index in [1.165, 1.54) is 6.07 Å². The minimum Gasteiger partial charge on any atom is -0.490 e. The highest BCUT2D eigenvalue weighted by Gasteiger charge is 2.50. The van der Waals surface area contributed by atoms with Gasteiger partial charge in [0, 0.05) is 24.6 Å². The molecule has 1 aromatic carbocycles. The van der Waals surface area contributed by atoms with Crippen LogP contribution in [0.4, 0.5) is 10.5 Å². The highest BCUT2D eigenvalue weighted by Crippen LogP contribution is 2.42. The summed E-state index contributed by atoms with van der Waals surface area (Å²) in [6, 6.07) is 3.21. The molecule has 0 fully saturated rings. The first kappa shape index (κ1) is 28.0. The molecular weight excluding hydrogens is 429 g/mol. The van der Waals surface area contributed by atoms with Gasteiger partial charge in [0.2, 0.25) is 0 Å². The van der Waals surface area contributed by atoms with Crippen LogP contribution in [0, 0.1) is 17.0 Å². The Morgan fingerprint density at radius 3 is 2.15 bits per heavy atom. The summed E-state index contributed by atoms with van der Waals surface area (Å²) in [7, 11) is 10.9. The number of aryl methyl sites for hydroxylation is 1. The van der Waals surface area contributed by atoms with E-state index in [9.17, 15) is 20.0 Å². The van der Waals surface area contributed by atoms with Crippen LogP contribution in [-0.4, -0.2) is 97.7 Å². The van der Waals surface area contributed by atoms with Gasteiger partial charge in [0.05, 0.1) is 34.0 Å². The van der Waals surface area contributed by atoms with Crippen molar-refractivity contribution >= 4 is 64.4 Å². The third kappa shape index (κ3) is 6.06. The zero-order chi connectivity index (χ0) is 26.3. The van der Waals surface area contributed by atoms with Crippen molar-refractivity contribution in [1.82, 2.24) is 4.90 Å². The topological polar surface area (TPSA) is 102 Å². The lowest BCUT2D eigenvalue weighted by Gasteiger charge is -2.51. The standard InChI is InChI=1S/C20H34B6N2O6/c1-11-9-14(28(31)32)15(33-18(21,19(22,23)24)20(25,26)30)10-13(11)12-5-7-27(8-6-12)16(29)34-17(2,3)4/h5,9-10,30H,6-8,21-26H2,1-4H3. The van der Waals surface area contributed by atoms with E-state index in [4.69, 9.17) is 9.47 Å². The summed E-state index contributed by atoms with van der Waals surface area (Å²) in [6.45, 7) is 8.19. The fourth-order valence-electron chi connectivity index (χ4n) is 4.06. The van der Waals surface area contributed by atoms with E-state index < -0.39 is 26.5 Å². The molecule has 2 rings (SSSR count). The molecule has 0 radical (unpaired) electrons. The first-order chi connectivity index (χ1) is 15.3. The Balaban J connectivity index is 2.47. The van der Waals surface area contributed by atoms with Gasteiger partial charge in [-0.3, -0.25) is 10.1 Å². The molecule has 1 unspecified atom stereocenters. The third-order valence-corrected chi connectivity index (χ3v) is 6.62. The number of rotatable bonds is 6. The van der Waals surface area contributed by atoms with Crippen LogP contribution < -0.4 is 4.74 Å². The normalized spacial score (nSPS) is 16.9. The monoisotopic (exact) mass is 464 g/mol. The lowest BCUT2D eigenvalue weighted by Crippen LogP contribution is -2.67. The van der Waals surface area contributed by atoms with Crippen molar-refractivity contribution in [3.8, 4) is 5.75 Å². The van der Waals surface area contributed by atoms with Crippen molar-refractivity contribution in [2.24, 2.45) is 0 Å². The fourth-order valence-corrected chi connectivity index (χ4v) is 4.06. The lowest BCUT2D eigenvalue weighted by molar-refractivity contribution is -0.386. The first-order valence-electron chi connectivity index (χ1n) is 11.6. The van der Waals surface area contributed by atoms with E-state index in [1.807, 2.05) is 57.3 Å². The van der Waals surface area contributed by atoms with Gasteiger partial charge < -0.3 is 19.5 Å². The summed E-state index contributed by atoms with van der Waals surface area (Å²) >= 11 is 0. The van der Waals surface area contributed by atoms with Crippen LogP contribution in [-0.2, 0) is 4.74 Å². The number of hydrogen-bond donors (Lipinski definition) is 1. The Hall–Kier alpha value is -2.22. The average Bonchev–Trinajstić information content (AvgIpc) is 2.65. The number of nitro groups is 1. The number of nitro benzene ring substituents is 1. The summed E-state index contributed by atoms with van der Waals surface area (Å²) in [5, 5.41) is 21.0. The summed E-state index contributed by atoms with van der Waals surface area (Å²) in [5.74, 6) is 0.112. The van der Waals surface area contributed by atoms with E-state index in [0.717, 1.165) is 16.7 Å². The highest BCUT2D eigenvalue weighted by atomic mass is 16.6. The maximum absolute atomic E-state index is 12.4. The van der Waals surface area contributed by atoms with Crippen LogP contribution in [0.1, 0.15) is 38.3 Å². The smallest absolute Gasteiger partial charge is 0.410 e. The molecule has 0 saturated carbocycles. The van der Waals surface area contributed by atoms with Crippen molar-refractivity contribution in [3.63, 3.8) is 0 Å². The number of carbonyl (C=O) groups excluding carboxylic acids is 1. The van der Waals surface area contributed by atoms with Crippen molar-refractivity contribution in [2.45, 2.75) is 55.7 Å². The maximum atomic E-state index is 12.4. The number of ether oxygens (including phenoxy) is 2. The molecule has 0 bridgehead atoms. The maximum Gasteiger partial charge on any atom is 0.410 e. The molecule has 178 valence electrons. The van der Waals surface area contributed by atoms with Crippen LogP contribution >= 0.6 is 0 Å². The van der Waals surface area contributed by atoms with E-state index in [2.05, 4.69) is 0 Å². The van der Waals surface area contributed by atoms with Gasteiger partial charge in [0.1, 0.15) is 21.3 Å². The summed E-state index contributed by atoms with van der Waals surface area (Å²) < 4.78 is 11.8. The van der Waals surface area contributed by atoms with Gasteiger partial charge in [-0.05, 0) is 56.9 Å². The lowest BCUT2D eigenvalue weighted by atomic mass is 9.26. The zero-order valence-electron chi connectivity index (χ0n) is 22.2. The van der Waals surface area contributed by atoms with Gasteiger partial charge in [-0.15, -0.1) is 0 Å². The molecule has 1 amide bonds. The zero-order valence-corrected chi connectivity index (χ0v) is 22.2. The molecular formula is C20H34B6N2O6. The van der Waals surface area contributed by atoms with Gasteiger partial charge in [0.15, 0.2) is 13.6 Å². The van der Waals surface area contributed by atoms with Gasteiger partial charge in [-0.2, -0.15) is 0 Å². The predicted molar refractivity (Wildman–Crippen MR) is 151 cm³/mol. The molecule has 1 aromatic rings. The molecule has 0 aliphatic carbocycles. The van der Waals surface area contributed by atoms with Crippen molar-refractivity contribution in [3.05, 3.63) is 39.4 Å². The number of amides is 1. The fraction of sp³-hybridized carbons (Fsp3) is 0.550. The van der Waals surface area contributed by atoms with Gasteiger partial charge >= 0.3 is 11.8 Å². The van der Waals surface area contributed by atoms with Crippen LogP contribution in [0.3, 0.4) is 0 Å². The van der Waals surface area contributed by atoms with Gasteiger partial charge in [0.25, 0.3) is 0 Å². The molecule has 1 heterocycles. The predicted octanol–water partition coefficient (Wildman–Crippen LogP) is -2.48. The minimum atomic E-state index is -1.28. The van der Waals surface area contributed by atoms with Crippen LogP contribution in [0.5, 0.6) is 5.75 Å². The van der Waals surface area contributed by atoms with E-state index in [-0.39, 0.29) is 17.5 Å². The van der Waals surface area contributed by atoms with E-state index in [0.29, 0.717) is 19.5 Å². The minimum absolute atomic E-state index is 0.112. The van der Waals surface area contributed by atoms with Crippen molar-refractivity contribution in [1.29, 1.82) is 0 Å². The molecule has 8 nitrogen and oxygen atoms in total. The Bertz CT molecular complexity index is 983. The summed E-state index contributed by atoms with van der Waals surface area (Å²) in [6.07, 6.45) is 2.17. The van der Waals surface area contributed by atoms with Crippen molar-refractivity contribution < 1.29 is 24.3 Å². The Kier molecular flexibility index (Phi) is 7.78. The third-order valence-electron chi connectivity index (χ3n) is 6.62. The van der Waals surface area contributed by atoms with Crippen molar-refractivity contribution in [2.75, 3.05) is 13.1 Å². The molecule has 1 atom stereocenters. The Morgan fingerprint density at radius 1 is 1.15 bits per heavy atom. The number of aliphatic hydroxyl groups is 1. The highest BCUT2D eigenvalue weighted by molar-refractivity contribution is 6.64. The molecule has 1 N–H and O–H groups in total. The second-order valence-corrected chi connectivity index (χ2v) is 11.7. The summed E-state index contributed by atoms with van der Waals surface area (Å²) in [4.78, 5) is 25.4. The van der Waals surface area contributed by atoms with Crippen LogP contribution in [0.25, 0.3) is 5.57 Å². The first-order valence-corrected chi connectivity index (χ1v) is 11.6. The second kappa shape index (κ2) is 9.44. The van der Waals surface area contributed by atoms with E-state index >= 15 is 0 Å². The Labute approximate surface area is 207 Å². The molecule has 0 aromatic heterocycles. The molecule has 0 spiro atoms.